The molecular weight excluding hydrogens is 243 g/mol. The predicted molar refractivity (Wildman–Crippen MR) is 74.3 cm³/mol. The molecule has 0 aliphatic heterocycles. The van der Waals surface area contributed by atoms with Crippen LogP contribution in [0, 0.1) is 0 Å². The molecule has 0 saturated heterocycles. The average Bonchev–Trinajstić information content (AvgIpc) is 2.85. The Labute approximate surface area is 113 Å². The molecule has 0 spiro atoms. The first kappa shape index (κ1) is 14.0. The van der Waals surface area contributed by atoms with Gasteiger partial charge in [0, 0.05) is 12.2 Å². The molecule has 0 saturated carbocycles. The SMILES string of the molecule is CCOB(OC(C)(C)CC)c1ccc2nonc2c1. The lowest BCUT2D eigenvalue weighted by atomic mass is 9.77. The van der Waals surface area contributed by atoms with Crippen LogP contribution in [-0.2, 0) is 9.31 Å². The first-order valence-electron chi connectivity index (χ1n) is 6.57. The molecule has 5 nitrogen and oxygen atoms in total. The van der Waals surface area contributed by atoms with Crippen LogP contribution in [0.5, 0.6) is 0 Å². The Morgan fingerprint density at radius 2 is 1.95 bits per heavy atom. The van der Waals surface area contributed by atoms with Gasteiger partial charge in [0.1, 0.15) is 11.0 Å². The van der Waals surface area contributed by atoms with Crippen molar-refractivity contribution in [3.63, 3.8) is 0 Å². The second kappa shape index (κ2) is 5.71. The van der Waals surface area contributed by atoms with E-state index in [1.54, 1.807) is 0 Å². The molecular formula is C13H19BN2O3. The minimum Gasteiger partial charge on any atom is -0.408 e. The zero-order chi connectivity index (χ0) is 13.9. The Kier molecular flexibility index (Phi) is 4.22. The molecule has 0 atom stereocenters. The molecule has 0 aliphatic carbocycles. The fourth-order valence-electron chi connectivity index (χ4n) is 1.67. The molecule has 19 heavy (non-hydrogen) atoms. The van der Waals surface area contributed by atoms with Gasteiger partial charge >= 0.3 is 7.12 Å². The zero-order valence-electron chi connectivity index (χ0n) is 11.8. The van der Waals surface area contributed by atoms with Crippen LogP contribution in [0.15, 0.2) is 22.8 Å². The molecule has 1 aromatic carbocycles. The van der Waals surface area contributed by atoms with Crippen LogP contribution in [0.4, 0.5) is 0 Å². The Morgan fingerprint density at radius 1 is 1.21 bits per heavy atom. The van der Waals surface area contributed by atoms with E-state index >= 15 is 0 Å². The summed E-state index contributed by atoms with van der Waals surface area (Å²) in [6, 6.07) is 5.67. The lowest BCUT2D eigenvalue weighted by molar-refractivity contribution is 0.0706. The molecule has 1 aromatic heterocycles. The zero-order valence-corrected chi connectivity index (χ0v) is 11.8. The summed E-state index contributed by atoms with van der Waals surface area (Å²) in [5.74, 6) is 0. The fourth-order valence-corrected chi connectivity index (χ4v) is 1.67. The van der Waals surface area contributed by atoms with Gasteiger partial charge in [-0.15, -0.1) is 0 Å². The third-order valence-electron chi connectivity index (χ3n) is 3.15. The van der Waals surface area contributed by atoms with Gasteiger partial charge in [-0.05, 0) is 55.1 Å². The average molecular weight is 262 g/mol. The van der Waals surface area contributed by atoms with Crippen molar-refractivity contribution in [2.75, 3.05) is 6.61 Å². The molecule has 0 amide bonds. The maximum absolute atomic E-state index is 6.04. The van der Waals surface area contributed by atoms with Crippen LogP contribution in [-0.4, -0.2) is 29.6 Å². The quantitative estimate of drug-likeness (QED) is 0.746. The first-order chi connectivity index (χ1) is 9.05. The maximum atomic E-state index is 6.04. The van der Waals surface area contributed by atoms with E-state index in [1.807, 2.05) is 25.1 Å². The second-order valence-corrected chi connectivity index (χ2v) is 5.03. The minimum absolute atomic E-state index is 0.239. The van der Waals surface area contributed by atoms with Crippen molar-refractivity contribution in [3.05, 3.63) is 18.2 Å². The fraction of sp³-hybridized carbons (Fsp3) is 0.538. The largest absolute Gasteiger partial charge is 0.494 e. The summed E-state index contributed by atoms with van der Waals surface area (Å²) in [4.78, 5) is 0. The van der Waals surface area contributed by atoms with E-state index in [0.717, 1.165) is 17.4 Å². The summed E-state index contributed by atoms with van der Waals surface area (Å²) in [5, 5.41) is 7.63. The molecule has 2 aromatic rings. The first-order valence-corrected chi connectivity index (χ1v) is 6.57. The van der Waals surface area contributed by atoms with E-state index < -0.39 is 7.12 Å². The van der Waals surface area contributed by atoms with Gasteiger partial charge < -0.3 is 9.31 Å². The van der Waals surface area contributed by atoms with Gasteiger partial charge in [0.15, 0.2) is 0 Å². The third kappa shape index (κ3) is 3.33. The number of rotatable bonds is 6. The molecule has 0 fully saturated rings. The van der Waals surface area contributed by atoms with Crippen molar-refractivity contribution in [1.82, 2.24) is 10.3 Å². The molecule has 1 heterocycles. The second-order valence-electron chi connectivity index (χ2n) is 5.03. The molecule has 0 N–H and O–H groups in total. The maximum Gasteiger partial charge on any atom is 0.494 e. The molecule has 6 heteroatoms. The molecule has 0 bridgehead atoms. The van der Waals surface area contributed by atoms with Crippen molar-refractivity contribution < 1.29 is 13.9 Å². The summed E-state index contributed by atoms with van der Waals surface area (Å²) >= 11 is 0. The Hall–Kier alpha value is -1.40. The van der Waals surface area contributed by atoms with Crippen molar-refractivity contribution in [2.45, 2.75) is 39.7 Å². The van der Waals surface area contributed by atoms with E-state index in [1.165, 1.54) is 0 Å². The number of aromatic nitrogens is 2. The van der Waals surface area contributed by atoms with Gasteiger partial charge in [-0.2, -0.15) is 0 Å². The number of nitrogens with zero attached hydrogens (tertiary/aromatic N) is 2. The number of benzene rings is 1. The van der Waals surface area contributed by atoms with Crippen LogP contribution in [0.3, 0.4) is 0 Å². The van der Waals surface area contributed by atoms with E-state index in [4.69, 9.17) is 13.9 Å². The van der Waals surface area contributed by atoms with Crippen LogP contribution < -0.4 is 5.46 Å². The van der Waals surface area contributed by atoms with Gasteiger partial charge in [0.2, 0.25) is 0 Å². The monoisotopic (exact) mass is 262 g/mol. The third-order valence-corrected chi connectivity index (χ3v) is 3.15. The molecule has 0 aliphatic rings. The summed E-state index contributed by atoms with van der Waals surface area (Å²) in [7, 11) is -0.402. The van der Waals surface area contributed by atoms with Crippen LogP contribution in [0.25, 0.3) is 11.0 Å². The van der Waals surface area contributed by atoms with Gasteiger partial charge in [-0.1, -0.05) is 13.0 Å². The Morgan fingerprint density at radius 3 is 2.63 bits per heavy atom. The van der Waals surface area contributed by atoms with Gasteiger partial charge in [0.05, 0.1) is 0 Å². The highest BCUT2D eigenvalue weighted by atomic mass is 16.6. The van der Waals surface area contributed by atoms with Gasteiger partial charge in [-0.3, -0.25) is 0 Å². The molecule has 2 rings (SSSR count). The van der Waals surface area contributed by atoms with E-state index in [-0.39, 0.29) is 5.60 Å². The van der Waals surface area contributed by atoms with E-state index in [0.29, 0.717) is 12.1 Å². The van der Waals surface area contributed by atoms with E-state index in [2.05, 4.69) is 31.1 Å². The van der Waals surface area contributed by atoms with Crippen LogP contribution >= 0.6 is 0 Å². The summed E-state index contributed by atoms with van der Waals surface area (Å²) in [5.41, 5.74) is 2.12. The predicted octanol–water partition coefficient (Wildman–Crippen LogP) is 2.16. The number of hydrogen-bond donors (Lipinski definition) is 0. The molecule has 0 unspecified atom stereocenters. The minimum atomic E-state index is -0.402. The van der Waals surface area contributed by atoms with Crippen molar-refractivity contribution in [3.8, 4) is 0 Å². The van der Waals surface area contributed by atoms with Crippen LogP contribution in [0.1, 0.15) is 34.1 Å². The Bertz CT molecular complexity index is 541. The topological polar surface area (TPSA) is 57.4 Å². The lowest BCUT2D eigenvalue weighted by Gasteiger charge is -2.28. The van der Waals surface area contributed by atoms with Gasteiger partial charge in [-0.25, -0.2) is 4.63 Å². The number of fused-ring (bicyclic) bond motifs is 1. The van der Waals surface area contributed by atoms with Gasteiger partial charge in [0.25, 0.3) is 0 Å². The normalized spacial score (nSPS) is 12.0. The summed E-state index contributed by atoms with van der Waals surface area (Å²) in [6.07, 6.45) is 0.907. The lowest BCUT2D eigenvalue weighted by Crippen LogP contribution is -2.43. The highest BCUT2D eigenvalue weighted by molar-refractivity contribution is 6.61. The van der Waals surface area contributed by atoms with Crippen molar-refractivity contribution in [2.24, 2.45) is 0 Å². The summed E-state index contributed by atoms with van der Waals surface area (Å²) < 4.78 is 16.4. The Balaban J connectivity index is 2.26. The highest BCUT2D eigenvalue weighted by Crippen LogP contribution is 2.16. The van der Waals surface area contributed by atoms with E-state index in [9.17, 15) is 0 Å². The molecule has 102 valence electrons. The highest BCUT2D eigenvalue weighted by Gasteiger charge is 2.29. The van der Waals surface area contributed by atoms with Crippen molar-refractivity contribution >= 4 is 23.6 Å². The molecule has 0 radical (unpaired) electrons. The van der Waals surface area contributed by atoms with Crippen LogP contribution in [0.2, 0.25) is 0 Å². The standard InChI is InChI=1S/C13H19BN2O3/c1-5-13(3,4)18-14(17-6-2)10-7-8-11-12(9-10)16-19-15-11/h7-9H,5-6H2,1-4H3. The smallest absolute Gasteiger partial charge is 0.408 e. The summed E-state index contributed by atoms with van der Waals surface area (Å²) in [6.45, 7) is 8.73. The van der Waals surface area contributed by atoms with Crippen molar-refractivity contribution in [1.29, 1.82) is 0 Å². The number of hydrogen-bond acceptors (Lipinski definition) is 5.